The highest BCUT2D eigenvalue weighted by Gasteiger charge is 2.57. The van der Waals surface area contributed by atoms with Crippen LogP contribution in [-0.4, -0.2) is 11.1 Å². The molecule has 15 rings (SSSR count). The Kier molecular flexibility index (Phi) is 9.21. The minimum atomic E-state index is -0.592. The first-order valence-electron chi connectivity index (χ1n) is 27.0. The summed E-state index contributed by atoms with van der Waals surface area (Å²) in [6.07, 6.45) is 4.91. The van der Waals surface area contributed by atoms with Crippen molar-refractivity contribution in [1.29, 1.82) is 0 Å². The monoisotopic (exact) mass is 940 g/mol. The Balaban J connectivity index is 0.939. The molecule has 2 fully saturated rings. The SMILES string of the molecule is CC1CCC2c3cc(-c4ccc5c(c4)C(c4ccccc4)(c4ccccc4)c4c-5c5ccccc5c5cc(-c6ccc7c(c6)C6CCC(C)C6(C)N7c6ccccc6)ccc45)ccc3N(c3ccccc3)C12C. The second-order valence-electron chi connectivity index (χ2n) is 22.7. The summed E-state index contributed by atoms with van der Waals surface area (Å²) in [5.74, 6) is 2.12. The van der Waals surface area contributed by atoms with Crippen molar-refractivity contribution in [1.82, 2.24) is 0 Å². The number of fused-ring (bicyclic) bond motifs is 14. The molecule has 0 saturated heterocycles. The lowest BCUT2D eigenvalue weighted by Gasteiger charge is -2.41. The molecule has 3 aliphatic carbocycles. The molecule has 0 radical (unpaired) electrons. The Morgan fingerprint density at radius 3 is 1.36 bits per heavy atom. The van der Waals surface area contributed by atoms with Crippen molar-refractivity contribution >= 4 is 44.3 Å². The maximum Gasteiger partial charge on any atom is 0.0720 e. The Morgan fingerprint density at radius 2 is 0.822 bits per heavy atom. The minimum Gasteiger partial charge on any atom is -0.334 e. The topological polar surface area (TPSA) is 6.48 Å². The van der Waals surface area contributed by atoms with Crippen molar-refractivity contribution in [2.45, 2.75) is 81.7 Å². The molecule has 10 aromatic carbocycles. The van der Waals surface area contributed by atoms with E-state index in [1.165, 1.54) is 137 Å². The van der Waals surface area contributed by atoms with Crippen molar-refractivity contribution in [2.24, 2.45) is 11.8 Å². The van der Waals surface area contributed by atoms with Crippen molar-refractivity contribution in [2.75, 3.05) is 9.80 Å². The van der Waals surface area contributed by atoms with E-state index in [0.717, 1.165) is 0 Å². The summed E-state index contributed by atoms with van der Waals surface area (Å²) < 4.78 is 0. The molecule has 5 aliphatic rings. The van der Waals surface area contributed by atoms with Gasteiger partial charge in [0.25, 0.3) is 0 Å². The van der Waals surface area contributed by atoms with Gasteiger partial charge in [-0.25, -0.2) is 0 Å². The number of rotatable bonds is 6. The molecule has 10 aromatic rings. The van der Waals surface area contributed by atoms with E-state index in [9.17, 15) is 0 Å². The number of benzene rings is 10. The van der Waals surface area contributed by atoms with Gasteiger partial charge in [0.15, 0.2) is 0 Å². The lowest BCUT2D eigenvalue weighted by atomic mass is 9.66. The first kappa shape index (κ1) is 43.0. The van der Waals surface area contributed by atoms with Gasteiger partial charge in [0, 0.05) is 34.6 Å². The van der Waals surface area contributed by atoms with Crippen molar-refractivity contribution in [3.8, 4) is 33.4 Å². The summed E-state index contributed by atoms with van der Waals surface area (Å²) in [6, 6.07) is 84.0. The van der Waals surface area contributed by atoms with Crippen LogP contribution in [-0.2, 0) is 5.41 Å². The van der Waals surface area contributed by atoms with Crippen molar-refractivity contribution in [3.63, 3.8) is 0 Å². The minimum absolute atomic E-state index is 0.0276. The third kappa shape index (κ3) is 5.70. The van der Waals surface area contributed by atoms with Gasteiger partial charge in [0.1, 0.15) is 0 Å². The fourth-order valence-corrected chi connectivity index (χ4v) is 15.9. The van der Waals surface area contributed by atoms with Crippen LogP contribution in [0.15, 0.2) is 218 Å². The van der Waals surface area contributed by atoms with Crippen LogP contribution in [0.5, 0.6) is 0 Å². The van der Waals surface area contributed by atoms with Crippen LogP contribution in [0.1, 0.15) is 98.6 Å². The quantitative estimate of drug-likeness (QED) is 0.153. The molecule has 0 N–H and O–H groups in total. The van der Waals surface area contributed by atoms with E-state index in [1.54, 1.807) is 0 Å². The van der Waals surface area contributed by atoms with E-state index in [1.807, 2.05) is 0 Å². The van der Waals surface area contributed by atoms with Crippen LogP contribution >= 0.6 is 0 Å². The third-order valence-electron chi connectivity index (χ3n) is 19.6. The number of anilines is 4. The van der Waals surface area contributed by atoms with Gasteiger partial charge in [-0.15, -0.1) is 0 Å². The lowest BCUT2D eigenvalue weighted by molar-refractivity contribution is 0.355. The third-order valence-corrected chi connectivity index (χ3v) is 19.6. The van der Waals surface area contributed by atoms with E-state index in [4.69, 9.17) is 0 Å². The maximum absolute atomic E-state index is 2.68. The standard InChI is InChI=1S/C71H60N2/c1-45-29-37-62-60-42-48(33-39-65(60)72(69(45,62)3)53-23-13-7-14-24-53)47-31-35-57-59(41-47)55-27-17-18-28-56(55)67-58-36-32-50(44-64(58)71(68(57)67,51-19-9-5-10-20-51)52-21-11-6-12-22-52)49-34-40-66-61(43-49)63-38-30-46(2)70(63,4)73(66)54-25-15-8-16-26-54/h5-28,31-36,39-46,62-63H,29-30,37-38H2,1-4H3. The van der Waals surface area contributed by atoms with Gasteiger partial charge in [-0.1, -0.05) is 172 Å². The molecule has 2 heteroatoms. The van der Waals surface area contributed by atoms with Gasteiger partial charge in [-0.2, -0.15) is 0 Å². The lowest BCUT2D eigenvalue weighted by Crippen LogP contribution is -2.45. The van der Waals surface area contributed by atoms with E-state index in [2.05, 4.69) is 256 Å². The van der Waals surface area contributed by atoms with Gasteiger partial charge in [-0.3, -0.25) is 0 Å². The number of hydrogen-bond donors (Lipinski definition) is 0. The Hall–Kier alpha value is -7.68. The summed E-state index contributed by atoms with van der Waals surface area (Å²) in [4.78, 5) is 5.36. The van der Waals surface area contributed by atoms with E-state index >= 15 is 0 Å². The summed E-state index contributed by atoms with van der Waals surface area (Å²) in [7, 11) is 0. The molecule has 0 bridgehead atoms. The van der Waals surface area contributed by atoms with E-state index in [0.29, 0.717) is 23.7 Å². The molecule has 2 heterocycles. The van der Waals surface area contributed by atoms with Gasteiger partial charge < -0.3 is 9.80 Å². The first-order valence-corrected chi connectivity index (χ1v) is 27.0. The Labute approximate surface area is 430 Å². The molecule has 2 aliphatic heterocycles. The van der Waals surface area contributed by atoms with Gasteiger partial charge in [0.2, 0.25) is 0 Å². The fraction of sp³-hybridized carbons (Fsp3) is 0.211. The zero-order valence-electron chi connectivity index (χ0n) is 42.3. The number of nitrogens with zero attached hydrogens (tertiary/aromatic N) is 2. The number of para-hydroxylation sites is 2. The van der Waals surface area contributed by atoms with Crippen LogP contribution < -0.4 is 9.80 Å². The van der Waals surface area contributed by atoms with Crippen molar-refractivity contribution in [3.05, 3.63) is 252 Å². The smallest absolute Gasteiger partial charge is 0.0720 e. The Bertz CT molecular complexity index is 3800. The van der Waals surface area contributed by atoms with Crippen LogP contribution in [0, 0.1) is 11.8 Å². The molecule has 73 heavy (non-hydrogen) atoms. The maximum atomic E-state index is 2.68. The molecule has 2 saturated carbocycles. The van der Waals surface area contributed by atoms with Gasteiger partial charge in [0.05, 0.1) is 16.5 Å². The predicted molar refractivity (Wildman–Crippen MR) is 306 cm³/mol. The molecule has 0 aromatic heterocycles. The molecule has 2 nitrogen and oxygen atoms in total. The molecule has 354 valence electrons. The zero-order valence-corrected chi connectivity index (χ0v) is 42.3. The molecular formula is C71H60N2. The van der Waals surface area contributed by atoms with Crippen LogP contribution in [0.2, 0.25) is 0 Å². The molecule has 0 amide bonds. The highest BCUT2D eigenvalue weighted by atomic mass is 15.3. The summed E-state index contributed by atoms with van der Waals surface area (Å²) >= 11 is 0. The summed E-state index contributed by atoms with van der Waals surface area (Å²) in [5.41, 5.74) is 20.9. The summed E-state index contributed by atoms with van der Waals surface area (Å²) in [6.45, 7) is 9.99. The molecule has 6 unspecified atom stereocenters. The number of hydrogen-bond acceptors (Lipinski definition) is 2. The van der Waals surface area contributed by atoms with Gasteiger partial charge in [-0.05, 0) is 200 Å². The highest BCUT2D eigenvalue weighted by molar-refractivity contribution is 6.20. The largest absolute Gasteiger partial charge is 0.334 e. The fourth-order valence-electron chi connectivity index (χ4n) is 15.9. The average molecular weight is 941 g/mol. The van der Waals surface area contributed by atoms with Crippen LogP contribution in [0.25, 0.3) is 54.9 Å². The summed E-state index contributed by atoms with van der Waals surface area (Å²) in [5, 5.41) is 5.22. The molecular weight excluding hydrogens is 881 g/mol. The molecule has 6 atom stereocenters. The zero-order chi connectivity index (χ0) is 48.8. The normalized spacial score (nSPS) is 23.8. The predicted octanol–water partition coefficient (Wildman–Crippen LogP) is 18.5. The second kappa shape index (κ2) is 15.7. The second-order valence-corrected chi connectivity index (χ2v) is 22.7. The van der Waals surface area contributed by atoms with Crippen molar-refractivity contribution < 1.29 is 0 Å². The van der Waals surface area contributed by atoms with E-state index in [-0.39, 0.29) is 11.1 Å². The molecule has 0 spiro atoms. The van der Waals surface area contributed by atoms with Gasteiger partial charge >= 0.3 is 0 Å². The van der Waals surface area contributed by atoms with E-state index < -0.39 is 5.41 Å². The Morgan fingerprint density at radius 1 is 0.384 bits per heavy atom. The van der Waals surface area contributed by atoms with Crippen LogP contribution in [0.3, 0.4) is 0 Å². The first-order chi connectivity index (χ1) is 35.8. The van der Waals surface area contributed by atoms with Crippen LogP contribution in [0.4, 0.5) is 22.7 Å². The average Bonchev–Trinajstić information content (AvgIpc) is 4.18. The highest BCUT2D eigenvalue weighted by Crippen LogP contribution is 2.65.